The molecule has 0 saturated carbocycles. The summed E-state index contributed by atoms with van der Waals surface area (Å²) in [6, 6.07) is 1.81. The third-order valence-electron chi connectivity index (χ3n) is 4.78. The highest BCUT2D eigenvalue weighted by Crippen LogP contribution is 2.37. The topological polar surface area (TPSA) is 92.4 Å². The van der Waals surface area contributed by atoms with Crippen LogP contribution < -0.4 is 15.9 Å². The molecule has 0 radical (unpaired) electrons. The highest BCUT2D eigenvalue weighted by atomic mass is 16.7. The molecule has 7 nitrogen and oxygen atoms in total. The normalized spacial score (nSPS) is 19.6. The first-order valence-electron chi connectivity index (χ1n) is 8.22. The molecule has 0 spiro atoms. The molecule has 1 aliphatic rings. The van der Waals surface area contributed by atoms with E-state index in [9.17, 15) is 0 Å². The minimum absolute atomic E-state index is 0.265. The molecule has 1 atom stereocenters. The van der Waals surface area contributed by atoms with E-state index in [1.165, 1.54) is 6.33 Å². The lowest BCUT2D eigenvalue weighted by Gasteiger charge is -2.32. The molecule has 1 saturated heterocycles. The van der Waals surface area contributed by atoms with Crippen molar-refractivity contribution in [2.45, 2.75) is 51.9 Å². The first kappa shape index (κ1) is 17.6. The van der Waals surface area contributed by atoms with Crippen LogP contribution in [-0.4, -0.2) is 33.3 Å². The van der Waals surface area contributed by atoms with E-state index in [1.54, 1.807) is 18.6 Å². The Bertz CT molecular complexity index is 739. The van der Waals surface area contributed by atoms with Crippen LogP contribution in [0.3, 0.4) is 0 Å². The number of ether oxygens (including phenoxy) is 1. The van der Waals surface area contributed by atoms with E-state index >= 15 is 0 Å². The van der Waals surface area contributed by atoms with E-state index in [1.807, 2.05) is 40.7 Å². The van der Waals surface area contributed by atoms with Gasteiger partial charge in [-0.05, 0) is 40.7 Å². The molecule has 0 bridgehead atoms. The van der Waals surface area contributed by atoms with Gasteiger partial charge in [-0.15, -0.1) is 0 Å². The van der Waals surface area contributed by atoms with Crippen molar-refractivity contribution in [1.82, 2.24) is 15.0 Å². The summed E-state index contributed by atoms with van der Waals surface area (Å²) in [7, 11) is -0.518. The smallest absolute Gasteiger partial charge is 0.482 e. The Morgan fingerprint density at radius 1 is 1.08 bits per heavy atom. The summed E-state index contributed by atoms with van der Waals surface area (Å²) in [5.41, 5.74) is 6.74. The van der Waals surface area contributed by atoms with Crippen LogP contribution in [0.2, 0.25) is 0 Å². The number of nitrogen functional groups attached to an aromatic ring is 1. The zero-order valence-corrected chi connectivity index (χ0v) is 15.2. The number of nitrogens with two attached hydrogens (primary N) is 1. The lowest BCUT2D eigenvalue weighted by molar-refractivity contribution is 0.00578. The number of hydrogen-bond acceptors (Lipinski definition) is 7. The minimum atomic E-state index is -0.518. The fourth-order valence-electron chi connectivity index (χ4n) is 2.45. The van der Waals surface area contributed by atoms with Gasteiger partial charge in [-0.1, -0.05) is 0 Å². The molecule has 25 heavy (non-hydrogen) atoms. The Morgan fingerprint density at radius 3 is 2.28 bits per heavy atom. The standard InChI is InChI=1S/C17H23BN4O3/c1-11(12-7-20-10-21-8-12)23-14-6-13(9-22-15(14)19)18-24-16(2,3)17(4,5)25-18/h6-11H,1-5H3,(H2,19,22). The zero-order chi connectivity index (χ0) is 18.2. The van der Waals surface area contributed by atoms with Gasteiger partial charge in [-0.3, -0.25) is 0 Å². The number of rotatable bonds is 4. The number of nitrogens with zero attached hydrogens (tertiary/aromatic N) is 3. The van der Waals surface area contributed by atoms with Crippen LogP contribution in [0.1, 0.15) is 46.3 Å². The molecule has 8 heteroatoms. The molecule has 0 aliphatic carbocycles. The second-order valence-corrected chi connectivity index (χ2v) is 7.17. The second kappa shape index (κ2) is 6.27. The van der Waals surface area contributed by atoms with Gasteiger partial charge in [0.05, 0.1) is 11.2 Å². The predicted octanol–water partition coefficient (Wildman–Crippen LogP) is 1.89. The Kier molecular flexibility index (Phi) is 4.42. The highest BCUT2D eigenvalue weighted by molar-refractivity contribution is 6.62. The van der Waals surface area contributed by atoms with Gasteiger partial charge in [0.25, 0.3) is 0 Å². The monoisotopic (exact) mass is 342 g/mol. The van der Waals surface area contributed by atoms with Crippen LogP contribution in [0.25, 0.3) is 0 Å². The molecule has 0 amide bonds. The minimum Gasteiger partial charge on any atom is -0.482 e. The van der Waals surface area contributed by atoms with E-state index in [4.69, 9.17) is 19.8 Å². The summed E-state index contributed by atoms with van der Waals surface area (Å²) >= 11 is 0. The largest absolute Gasteiger partial charge is 0.496 e. The fraction of sp³-hybridized carbons (Fsp3) is 0.471. The molecule has 1 aliphatic heterocycles. The van der Waals surface area contributed by atoms with Crippen LogP contribution in [0.5, 0.6) is 5.75 Å². The molecule has 3 heterocycles. The summed E-state index contributed by atoms with van der Waals surface area (Å²) < 4.78 is 18.1. The average molecular weight is 342 g/mol. The third-order valence-corrected chi connectivity index (χ3v) is 4.78. The van der Waals surface area contributed by atoms with Crippen molar-refractivity contribution in [3.63, 3.8) is 0 Å². The molecular formula is C17H23BN4O3. The predicted molar refractivity (Wildman–Crippen MR) is 95.4 cm³/mol. The Hall–Kier alpha value is -2.19. The third kappa shape index (κ3) is 3.45. The summed E-state index contributed by atoms with van der Waals surface area (Å²) in [6.07, 6.45) is 6.28. The highest BCUT2D eigenvalue weighted by Gasteiger charge is 2.52. The average Bonchev–Trinajstić information content (AvgIpc) is 2.78. The van der Waals surface area contributed by atoms with Crippen molar-refractivity contribution in [1.29, 1.82) is 0 Å². The summed E-state index contributed by atoms with van der Waals surface area (Å²) in [6.45, 7) is 9.93. The number of anilines is 1. The molecule has 0 aromatic carbocycles. The molecule has 132 valence electrons. The first-order chi connectivity index (χ1) is 11.7. The van der Waals surface area contributed by atoms with Gasteiger partial charge in [0, 0.05) is 29.6 Å². The molecule has 2 aromatic heterocycles. The SMILES string of the molecule is CC(Oc1cc(B2OC(C)(C)C(C)(C)O2)cnc1N)c1cncnc1. The molecule has 1 unspecified atom stereocenters. The fourth-order valence-corrected chi connectivity index (χ4v) is 2.45. The summed E-state index contributed by atoms with van der Waals surface area (Å²) in [5, 5.41) is 0. The number of aromatic nitrogens is 3. The second-order valence-electron chi connectivity index (χ2n) is 7.17. The van der Waals surface area contributed by atoms with Crippen molar-refractivity contribution in [2.75, 3.05) is 5.73 Å². The zero-order valence-electron chi connectivity index (χ0n) is 15.2. The van der Waals surface area contributed by atoms with Gasteiger partial charge in [-0.2, -0.15) is 0 Å². The van der Waals surface area contributed by atoms with Gasteiger partial charge in [-0.25, -0.2) is 15.0 Å². The van der Waals surface area contributed by atoms with Crippen LogP contribution in [0.4, 0.5) is 5.82 Å². The van der Waals surface area contributed by atoms with Crippen molar-refractivity contribution in [3.8, 4) is 5.75 Å². The molecular weight excluding hydrogens is 319 g/mol. The van der Waals surface area contributed by atoms with E-state index in [-0.39, 0.29) is 6.10 Å². The lowest BCUT2D eigenvalue weighted by Crippen LogP contribution is -2.41. The van der Waals surface area contributed by atoms with Crippen LogP contribution in [-0.2, 0) is 9.31 Å². The summed E-state index contributed by atoms with van der Waals surface area (Å²) in [4.78, 5) is 12.2. The Balaban J connectivity index is 1.82. The van der Waals surface area contributed by atoms with Crippen molar-refractivity contribution in [3.05, 3.63) is 36.5 Å². The molecule has 2 aromatic rings. The summed E-state index contributed by atoms with van der Waals surface area (Å²) in [5.74, 6) is 0.785. The maximum atomic E-state index is 6.06. The van der Waals surface area contributed by atoms with Gasteiger partial charge < -0.3 is 19.8 Å². The Morgan fingerprint density at radius 2 is 1.68 bits per heavy atom. The van der Waals surface area contributed by atoms with Gasteiger partial charge in [0.15, 0.2) is 11.6 Å². The molecule has 1 fully saturated rings. The van der Waals surface area contributed by atoms with Crippen molar-refractivity contribution >= 4 is 18.4 Å². The van der Waals surface area contributed by atoms with Crippen LogP contribution in [0, 0.1) is 0 Å². The van der Waals surface area contributed by atoms with E-state index in [0.717, 1.165) is 11.0 Å². The number of hydrogen-bond donors (Lipinski definition) is 1. The van der Waals surface area contributed by atoms with Gasteiger partial charge in [0.1, 0.15) is 12.4 Å². The van der Waals surface area contributed by atoms with E-state index < -0.39 is 18.3 Å². The van der Waals surface area contributed by atoms with E-state index in [0.29, 0.717) is 11.6 Å². The lowest BCUT2D eigenvalue weighted by atomic mass is 9.80. The first-order valence-corrected chi connectivity index (χ1v) is 8.22. The maximum Gasteiger partial charge on any atom is 0.496 e. The Labute approximate surface area is 148 Å². The van der Waals surface area contributed by atoms with Gasteiger partial charge in [0.2, 0.25) is 0 Å². The maximum absolute atomic E-state index is 6.06. The van der Waals surface area contributed by atoms with Crippen LogP contribution in [0.15, 0.2) is 31.0 Å². The van der Waals surface area contributed by atoms with E-state index in [2.05, 4.69) is 15.0 Å². The quantitative estimate of drug-likeness (QED) is 0.848. The van der Waals surface area contributed by atoms with Crippen molar-refractivity contribution < 1.29 is 14.0 Å². The van der Waals surface area contributed by atoms with Gasteiger partial charge >= 0.3 is 7.12 Å². The molecule has 3 rings (SSSR count). The van der Waals surface area contributed by atoms with Crippen molar-refractivity contribution in [2.24, 2.45) is 0 Å². The number of pyridine rings is 1. The molecule has 2 N–H and O–H groups in total. The van der Waals surface area contributed by atoms with Crippen LogP contribution >= 0.6 is 0 Å².